The van der Waals surface area contributed by atoms with E-state index < -0.39 is 0 Å². The lowest BCUT2D eigenvalue weighted by molar-refractivity contribution is -0.128. The van der Waals surface area contributed by atoms with Gasteiger partial charge in [0.25, 0.3) is 5.91 Å². The predicted octanol–water partition coefficient (Wildman–Crippen LogP) is 2.49. The maximum absolute atomic E-state index is 12.8. The van der Waals surface area contributed by atoms with Crippen LogP contribution in [0.2, 0.25) is 0 Å². The maximum Gasteiger partial charge on any atom is 0.253 e. The number of nitrogens with one attached hydrogen (secondary N) is 1. The number of ether oxygens (including phenoxy) is 2. The van der Waals surface area contributed by atoms with Crippen molar-refractivity contribution < 1.29 is 14.3 Å². The van der Waals surface area contributed by atoms with Gasteiger partial charge in [-0.25, -0.2) is 0 Å². The molecule has 5 nitrogen and oxygen atoms in total. The molecule has 2 heterocycles. The average molecular weight is 353 g/mol. The number of fused-ring (bicyclic) bond motifs is 1. The fourth-order valence-corrected chi connectivity index (χ4v) is 3.17. The Morgan fingerprint density at radius 1 is 1.46 bits per heavy atom. The van der Waals surface area contributed by atoms with Gasteiger partial charge in [0.2, 0.25) is 0 Å². The van der Waals surface area contributed by atoms with Crippen LogP contribution >= 0.6 is 12.4 Å². The molecule has 0 aliphatic carbocycles. The highest BCUT2D eigenvalue weighted by molar-refractivity contribution is 5.99. The summed E-state index contributed by atoms with van der Waals surface area (Å²) < 4.78 is 11.4. The molecule has 2 aliphatic rings. The summed E-state index contributed by atoms with van der Waals surface area (Å²) in [6.07, 6.45) is 4.10. The highest BCUT2D eigenvalue weighted by Crippen LogP contribution is 2.36. The quantitative estimate of drug-likeness (QED) is 0.904. The molecule has 1 saturated heterocycles. The fraction of sp³-hybridized carbons (Fsp3) is 0.500. The van der Waals surface area contributed by atoms with Crippen LogP contribution in [0.15, 0.2) is 23.8 Å². The largest absolute Gasteiger partial charge is 0.490 e. The van der Waals surface area contributed by atoms with Crippen molar-refractivity contribution in [2.75, 3.05) is 33.4 Å². The number of carbonyl (C=O) groups excluding carboxylic acids is 1. The number of carbonyl (C=O) groups is 1. The van der Waals surface area contributed by atoms with Gasteiger partial charge >= 0.3 is 0 Å². The number of nitrogens with zero attached hydrogens (tertiary/aromatic N) is 1. The number of benzene rings is 1. The van der Waals surface area contributed by atoms with E-state index in [9.17, 15) is 4.79 Å². The molecule has 132 valence electrons. The molecule has 1 aromatic carbocycles. The standard InChI is InChI=1S/C18H24N2O3.ClH/c1-3-22-16-8-4-6-13-10-14(12-23-17(13)16)18(21)20-9-5-7-15(11-20)19-2;/h4,6,8,10,15,19H,3,5,7,9,11-12H2,1-2H3;1H. The van der Waals surface area contributed by atoms with Crippen molar-refractivity contribution in [3.05, 3.63) is 29.3 Å². The van der Waals surface area contributed by atoms with Crippen molar-refractivity contribution in [2.45, 2.75) is 25.8 Å². The normalized spacial score (nSPS) is 19.5. The van der Waals surface area contributed by atoms with Crippen molar-refractivity contribution >= 4 is 24.4 Å². The van der Waals surface area contributed by atoms with E-state index in [0.29, 0.717) is 24.8 Å². The summed E-state index contributed by atoms with van der Waals surface area (Å²) in [5.41, 5.74) is 1.62. The van der Waals surface area contributed by atoms with Crippen LogP contribution in [-0.4, -0.2) is 50.2 Å². The number of halogens is 1. The van der Waals surface area contributed by atoms with Crippen LogP contribution in [0.5, 0.6) is 11.5 Å². The molecule has 1 unspecified atom stereocenters. The molecule has 2 aliphatic heterocycles. The van der Waals surface area contributed by atoms with Crippen LogP contribution in [0.25, 0.3) is 6.08 Å². The van der Waals surface area contributed by atoms with Crippen LogP contribution in [0.4, 0.5) is 0 Å². The SMILES string of the molecule is CCOc1cccc2c1OCC(C(=O)N1CCCC(NC)C1)=C2.Cl. The average Bonchev–Trinajstić information content (AvgIpc) is 2.61. The Kier molecular flexibility index (Phi) is 6.52. The maximum atomic E-state index is 12.8. The third-order valence-corrected chi connectivity index (χ3v) is 4.40. The lowest BCUT2D eigenvalue weighted by Crippen LogP contribution is -2.47. The van der Waals surface area contributed by atoms with Gasteiger partial charge in [-0.15, -0.1) is 12.4 Å². The summed E-state index contributed by atoms with van der Waals surface area (Å²) in [7, 11) is 1.95. The van der Waals surface area contributed by atoms with Gasteiger partial charge in [-0.05, 0) is 39.0 Å². The van der Waals surface area contributed by atoms with Gasteiger partial charge in [-0.1, -0.05) is 12.1 Å². The van der Waals surface area contributed by atoms with Crippen LogP contribution in [0.3, 0.4) is 0 Å². The van der Waals surface area contributed by atoms with Crippen LogP contribution in [0, 0.1) is 0 Å². The monoisotopic (exact) mass is 352 g/mol. The molecule has 1 fully saturated rings. The number of amides is 1. The van der Waals surface area contributed by atoms with E-state index in [1.165, 1.54) is 0 Å². The lowest BCUT2D eigenvalue weighted by atomic mass is 10.0. The van der Waals surface area contributed by atoms with Gasteiger partial charge in [0, 0.05) is 24.7 Å². The molecule has 0 spiro atoms. The Labute approximate surface area is 149 Å². The lowest BCUT2D eigenvalue weighted by Gasteiger charge is -2.33. The summed E-state index contributed by atoms with van der Waals surface area (Å²) in [4.78, 5) is 14.7. The van der Waals surface area contributed by atoms with Crippen molar-refractivity contribution in [3.63, 3.8) is 0 Å². The second kappa shape index (κ2) is 8.40. The molecular formula is C18H25ClN2O3. The van der Waals surface area contributed by atoms with Crippen molar-refractivity contribution in [1.82, 2.24) is 10.2 Å². The Hall–Kier alpha value is -1.72. The fourth-order valence-electron chi connectivity index (χ4n) is 3.17. The number of rotatable bonds is 4. The summed E-state index contributed by atoms with van der Waals surface area (Å²) in [5.74, 6) is 1.55. The Morgan fingerprint density at radius 3 is 3.04 bits per heavy atom. The second-order valence-corrected chi connectivity index (χ2v) is 5.94. The van der Waals surface area contributed by atoms with Gasteiger partial charge in [-0.2, -0.15) is 0 Å². The van der Waals surface area contributed by atoms with E-state index >= 15 is 0 Å². The third-order valence-electron chi connectivity index (χ3n) is 4.40. The van der Waals surface area contributed by atoms with E-state index in [2.05, 4.69) is 5.32 Å². The molecule has 1 atom stereocenters. The Balaban J connectivity index is 0.00000208. The summed E-state index contributed by atoms with van der Waals surface area (Å²) in [5, 5.41) is 3.27. The van der Waals surface area contributed by atoms with Gasteiger partial charge < -0.3 is 19.7 Å². The molecule has 1 amide bonds. The first-order chi connectivity index (χ1) is 11.2. The minimum atomic E-state index is 0. The zero-order chi connectivity index (χ0) is 16.2. The van der Waals surface area contributed by atoms with Crippen molar-refractivity contribution in [2.24, 2.45) is 0 Å². The third kappa shape index (κ3) is 3.84. The molecular weight excluding hydrogens is 328 g/mol. The van der Waals surface area contributed by atoms with E-state index in [1.807, 2.05) is 43.1 Å². The van der Waals surface area contributed by atoms with Crippen molar-refractivity contribution in [1.29, 1.82) is 0 Å². The molecule has 3 rings (SSSR count). The smallest absolute Gasteiger partial charge is 0.253 e. The predicted molar refractivity (Wildman–Crippen MR) is 97.0 cm³/mol. The number of likely N-dealkylation sites (N-methyl/N-ethyl adjacent to an activating group) is 1. The first kappa shape index (κ1) is 18.6. The molecule has 0 aromatic heterocycles. The summed E-state index contributed by atoms with van der Waals surface area (Å²) >= 11 is 0. The van der Waals surface area contributed by atoms with E-state index in [1.54, 1.807) is 0 Å². The Morgan fingerprint density at radius 2 is 2.29 bits per heavy atom. The van der Waals surface area contributed by atoms with Crippen LogP contribution in [0.1, 0.15) is 25.3 Å². The highest BCUT2D eigenvalue weighted by Gasteiger charge is 2.27. The molecule has 24 heavy (non-hydrogen) atoms. The number of para-hydroxylation sites is 1. The second-order valence-electron chi connectivity index (χ2n) is 5.94. The molecule has 0 saturated carbocycles. The zero-order valence-electron chi connectivity index (χ0n) is 14.2. The summed E-state index contributed by atoms with van der Waals surface area (Å²) in [6, 6.07) is 6.16. The number of hydrogen-bond donors (Lipinski definition) is 1. The van der Waals surface area contributed by atoms with Gasteiger partial charge in [0.05, 0.1) is 12.2 Å². The van der Waals surface area contributed by atoms with Crippen LogP contribution in [-0.2, 0) is 4.79 Å². The molecule has 1 N–H and O–H groups in total. The summed E-state index contributed by atoms with van der Waals surface area (Å²) in [6.45, 7) is 4.42. The first-order valence-electron chi connectivity index (χ1n) is 8.28. The van der Waals surface area contributed by atoms with E-state index in [0.717, 1.165) is 43.0 Å². The van der Waals surface area contributed by atoms with Gasteiger partial charge in [0.1, 0.15) is 6.61 Å². The molecule has 0 radical (unpaired) electrons. The van der Waals surface area contributed by atoms with E-state index in [4.69, 9.17) is 9.47 Å². The molecule has 6 heteroatoms. The van der Waals surface area contributed by atoms with E-state index in [-0.39, 0.29) is 18.3 Å². The highest BCUT2D eigenvalue weighted by atomic mass is 35.5. The Bertz CT molecular complexity index is 618. The zero-order valence-corrected chi connectivity index (χ0v) is 15.0. The minimum absolute atomic E-state index is 0. The molecule has 0 bridgehead atoms. The number of piperidine rings is 1. The molecule has 1 aromatic rings. The van der Waals surface area contributed by atoms with Crippen molar-refractivity contribution in [3.8, 4) is 11.5 Å². The minimum Gasteiger partial charge on any atom is -0.490 e. The van der Waals surface area contributed by atoms with Gasteiger partial charge in [0.15, 0.2) is 11.5 Å². The first-order valence-corrected chi connectivity index (χ1v) is 8.28. The number of hydrogen-bond acceptors (Lipinski definition) is 4. The number of likely N-dealkylation sites (tertiary alicyclic amines) is 1. The van der Waals surface area contributed by atoms with Crippen LogP contribution < -0.4 is 14.8 Å². The van der Waals surface area contributed by atoms with Gasteiger partial charge in [-0.3, -0.25) is 4.79 Å². The topological polar surface area (TPSA) is 50.8 Å².